The Morgan fingerprint density at radius 3 is 2.40 bits per heavy atom. The molecule has 8 nitrogen and oxygen atoms in total. The lowest BCUT2D eigenvalue weighted by molar-refractivity contribution is -0.117. The van der Waals surface area contributed by atoms with E-state index in [1.165, 1.54) is 0 Å². The number of rotatable bonds is 7. The van der Waals surface area contributed by atoms with Gasteiger partial charge in [0.15, 0.2) is 0 Å². The van der Waals surface area contributed by atoms with Crippen LogP contribution in [0.15, 0.2) is 28.8 Å². The van der Waals surface area contributed by atoms with Gasteiger partial charge in [-0.1, -0.05) is 25.9 Å². The molecular formula is C22H32N4O4. The number of benzene rings is 1. The van der Waals surface area contributed by atoms with Gasteiger partial charge in [-0.15, -0.1) is 0 Å². The molecule has 1 amide bonds. The maximum Gasteiger partial charge on any atom is 0.240 e. The fourth-order valence-electron chi connectivity index (χ4n) is 3.42. The normalized spacial score (nSPS) is 15.8. The van der Waals surface area contributed by atoms with E-state index in [1.54, 1.807) is 20.3 Å². The number of hydrogen-bond acceptors (Lipinski definition) is 7. The Balaban J connectivity index is 1.48. The van der Waals surface area contributed by atoms with Gasteiger partial charge >= 0.3 is 0 Å². The van der Waals surface area contributed by atoms with Crippen molar-refractivity contribution < 1.29 is 18.8 Å². The first-order chi connectivity index (χ1) is 14.3. The molecule has 0 unspecified atom stereocenters. The number of nitrogens with zero attached hydrogens (tertiary/aromatic N) is 3. The van der Waals surface area contributed by atoms with E-state index < -0.39 is 0 Å². The van der Waals surface area contributed by atoms with Crippen LogP contribution in [-0.4, -0.2) is 67.8 Å². The van der Waals surface area contributed by atoms with Gasteiger partial charge in [-0.2, -0.15) is 0 Å². The summed E-state index contributed by atoms with van der Waals surface area (Å²) in [5.41, 5.74) is 1.80. The molecule has 1 aromatic heterocycles. The first-order valence-electron chi connectivity index (χ1n) is 10.2. The van der Waals surface area contributed by atoms with Gasteiger partial charge in [-0.05, 0) is 18.2 Å². The van der Waals surface area contributed by atoms with Crippen LogP contribution in [0, 0.1) is 0 Å². The zero-order valence-corrected chi connectivity index (χ0v) is 18.5. The van der Waals surface area contributed by atoms with Crippen LogP contribution in [0.2, 0.25) is 0 Å². The van der Waals surface area contributed by atoms with Gasteiger partial charge in [-0.25, -0.2) is 0 Å². The number of carbonyl (C=O) groups is 1. The highest BCUT2D eigenvalue weighted by molar-refractivity contribution is 5.91. The van der Waals surface area contributed by atoms with Crippen LogP contribution >= 0.6 is 0 Å². The highest BCUT2D eigenvalue weighted by Gasteiger charge is 2.22. The zero-order chi connectivity index (χ0) is 21.7. The molecular weight excluding hydrogens is 384 g/mol. The van der Waals surface area contributed by atoms with Crippen LogP contribution < -0.4 is 14.8 Å². The maximum absolute atomic E-state index is 12.4. The fraction of sp³-hybridized carbons (Fsp3) is 0.545. The standard InChI is InChI=1S/C22H32N4O4/c1-22(2,3)19-13-21(30-24-19)23-20(27)15-26-10-8-25(9-11-26)14-16-12-17(28-4)6-7-18(16)29-5/h6-7,12-13H,8-11,14-15H2,1-5H3,(H,23,27). The summed E-state index contributed by atoms with van der Waals surface area (Å²) in [5, 5.41) is 6.84. The lowest BCUT2D eigenvalue weighted by atomic mass is 9.92. The summed E-state index contributed by atoms with van der Waals surface area (Å²) in [7, 11) is 3.35. The third kappa shape index (κ3) is 5.73. The van der Waals surface area contributed by atoms with E-state index in [0.29, 0.717) is 12.4 Å². The van der Waals surface area contributed by atoms with Crippen molar-refractivity contribution >= 4 is 11.8 Å². The number of aromatic nitrogens is 1. The molecule has 0 atom stereocenters. The summed E-state index contributed by atoms with van der Waals surface area (Å²) in [4.78, 5) is 16.9. The van der Waals surface area contributed by atoms with Crippen LogP contribution in [-0.2, 0) is 16.8 Å². The molecule has 164 valence electrons. The summed E-state index contributed by atoms with van der Waals surface area (Å²) < 4.78 is 16.1. The monoisotopic (exact) mass is 416 g/mol. The summed E-state index contributed by atoms with van der Waals surface area (Å²) in [5.74, 6) is 1.99. The molecule has 1 saturated heterocycles. The predicted octanol–water partition coefficient (Wildman–Crippen LogP) is 2.75. The van der Waals surface area contributed by atoms with Crippen LogP contribution in [0.4, 0.5) is 5.88 Å². The maximum atomic E-state index is 12.4. The Hall–Kier alpha value is -2.58. The van der Waals surface area contributed by atoms with E-state index in [1.807, 2.05) is 18.2 Å². The van der Waals surface area contributed by atoms with E-state index in [4.69, 9.17) is 14.0 Å². The number of nitrogens with one attached hydrogen (secondary N) is 1. The average Bonchev–Trinajstić information content (AvgIpc) is 3.18. The van der Waals surface area contributed by atoms with Gasteiger partial charge in [0.2, 0.25) is 11.8 Å². The third-order valence-electron chi connectivity index (χ3n) is 5.25. The molecule has 0 saturated carbocycles. The van der Waals surface area contributed by atoms with Crippen molar-refractivity contribution in [1.82, 2.24) is 15.0 Å². The Morgan fingerprint density at radius 2 is 1.80 bits per heavy atom. The van der Waals surface area contributed by atoms with Gasteiger partial charge in [0.1, 0.15) is 11.5 Å². The first kappa shape index (κ1) is 22.1. The quantitative estimate of drug-likeness (QED) is 0.743. The van der Waals surface area contributed by atoms with Crippen LogP contribution in [0.25, 0.3) is 0 Å². The number of carbonyl (C=O) groups excluding carboxylic acids is 1. The number of anilines is 1. The molecule has 0 aliphatic carbocycles. The highest BCUT2D eigenvalue weighted by Crippen LogP contribution is 2.26. The number of amides is 1. The van der Waals surface area contributed by atoms with Gasteiger partial charge in [0.25, 0.3) is 0 Å². The number of ether oxygens (including phenoxy) is 2. The molecule has 0 spiro atoms. The van der Waals surface area contributed by atoms with Gasteiger partial charge < -0.3 is 14.0 Å². The molecule has 1 fully saturated rings. The second-order valence-corrected chi connectivity index (χ2v) is 8.60. The third-order valence-corrected chi connectivity index (χ3v) is 5.25. The van der Waals surface area contributed by atoms with Crippen molar-refractivity contribution in [2.24, 2.45) is 0 Å². The topological polar surface area (TPSA) is 80.1 Å². The van der Waals surface area contributed by atoms with Crippen molar-refractivity contribution in [1.29, 1.82) is 0 Å². The lowest BCUT2D eigenvalue weighted by Crippen LogP contribution is -2.48. The molecule has 2 heterocycles. The minimum Gasteiger partial charge on any atom is -0.497 e. The molecule has 1 aromatic carbocycles. The smallest absolute Gasteiger partial charge is 0.240 e. The summed E-state index contributed by atoms with van der Waals surface area (Å²) >= 11 is 0. The molecule has 0 bridgehead atoms. The summed E-state index contributed by atoms with van der Waals surface area (Å²) in [6, 6.07) is 7.64. The minimum absolute atomic E-state index is 0.0884. The van der Waals surface area contributed by atoms with Crippen molar-refractivity contribution in [3.8, 4) is 11.5 Å². The largest absolute Gasteiger partial charge is 0.497 e. The Bertz CT molecular complexity index is 851. The number of hydrogen-bond donors (Lipinski definition) is 1. The highest BCUT2D eigenvalue weighted by atomic mass is 16.5. The van der Waals surface area contributed by atoms with Crippen molar-refractivity contribution in [2.75, 3.05) is 52.3 Å². The first-order valence-corrected chi connectivity index (χ1v) is 10.2. The molecule has 30 heavy (non-hydrogen) atoms. The molecule has 1 N–H and O–H groups in total. The van der Waals surface area contributed by atoms with Gasteiger partial charge in [0, 0.05) is 49.8 Å². The zero-order valence-electron chi connectivity index (χ0n) is 18.5. The molecule has 8 heteroatoms. The van der Waals surface area contributed by atoms with Crippen molar-refractivity contribution in [3.63, 3.8) is 0 Å². The lowest BCUT2D eigenvalue weighted by Gasteiger charge is -2.34. The molecule has 3 rings (SSSR count). The van der Waals surface area contributed by atoms with Crippen LogP contribution in [0.1, 0.15) is 32.0 Å². The Labute approximate surface area is 178 Å². The Kier molecular flexibility index (Phi) is 6.99. The van der Waals surface area contributed by atoms with E-state index in [-0.39, 0.29) is 11.3 Å². The Morgan fingerprint density at radius 1 is 1.10 bits per heavy atom. The predicted molar refractivity (Wildman–Crippen MR) is 115 cm³/mol. The van der Waals surface area contributed by atoms with E-state index in [0.717, 1.165) is 55.5 Å². The van der Waals surface area contributed by atoms with Crippen molar-refractivity contribution in [3.05, 3.63) is 35.5 Å². The number of methoxy groups -OCH3 is 2. The number of piperazine rings is 1. The molecule has 1 aliphatic rings. The summed E-state index contributed by atoms with van der Waals surface area (Å²) in [6.45, 7) is 10.7. The van der Waals surface area contributed by atoms with Crippen LogP contribution in [0.5, 0.6) is 11.5 Å². The van der Waals surface area contributed by atoms with E-state index in [2.05, 4.69) is 41.0 Å². The second kappa shape index (κ2) is 9.49. The van der Waals surface area contributed by atoms with Gasteiger partial charge in [-0.3, -0.25) is 19.9 Å². The molecule has 2 aromatic rings. The summed E-state index contributed by atoms with van der Waals surface area (Å²) in [6.07, 6.45) is 0. The average molecular weight is 417 g/mol. The fourth-order valence-corrected chi connectivity index (χ4v) is 3.42. The molecule has 1 aliphatic heterocycles. The molecule has 0 radical (unpaired) electrons. The van der Waals surface area contributed by atoms with E-state index >= 15 is 0 Å². The second-order valence-electron chi connectivity index (χ2n) is 8.60. The van der Waals surface area contributed by atoms with E-state index in [9.17, 15) is 4.79 Å². The van der Waals surface area contributed by atoms with Crippen LogP contribution in [0.3, 0.4) is 0 Å². The van der Waals surface area contributed by atoms with Crippen molar-refractivity contribution in [2.45, 2.75) is 32.7 Å². The SMILES string of the molecule is COc1ccc(OC)c(CN2CCN(CC(=O)Nc3cc(C(C)(C)C)no3)CC2)c1. The van der Waals surface area contributed by atoms with Gasteiger partial charge in [0.05, 0.1) is 26.5 Å². The minimum atomic E-state index is -0.117.